The van der Waals surface area contributed by atoms with E-state index in [-0.39, 0.29) is 17.3 Å². The molecule has 0 atom stereocenters. The maximum Gasteiger partial charge on any atom is 0.264 e. The van der Waals surface area contributed by atoms with E-state index in [4.69, 9.17) is 4.74 Å². The van der Waals surface area contributed by atoms with Crippen LogP contribution in [-0.2, 0) is 14.8 Å². The van der Waals surface area contributed by atoms with Crippen molar-refractivity contribution in [2.24, 2.45) is 0 Å². The van der Waals surface area contributed by atoms with Crippen molar-refractivity contribution in [3.8, 4) is 5.75 Å². The lowest BCUT2D eigenvalue weighted by molar-refractivity contribution is -0.131. The molecular formula is C21H27N3O4S. The zero-order valence-electron chi connectivity index (χ0n) is 16.8. The lowest BCUT2D eigenvalue weighted by Crippen LogP contribution is -2.50. The Kier molecular flexibility index (Phi) is 6.76. The molecule has 156 valence electrons. The molecule has 0 aliphatic carbocycles. The van der Waals surface area contributed by atoms with Gasteiger partial charge in [0.15, 0.2) is 0 Å². The first kappa shape index (κ1) is 21.1. The van der Waals surface area contributed by atoms with Crippen LogP contribution in [-0.4, -0.2) is 70.5 Å². The highest BCUT2D eigenvalue weighted by atomic mass is 32.2. The molecule has 1 heterocycles. The molecule has 2 aromatic rings. The Morgan fingerprint density at radius 2 is 1.62 bits per heavy atom. The number of amides is 1. The molecule has 0 saturated carbocycles. The molecule has 1 amide bonds. The summed E-state index contributed by atoms with van der Waals surface area (Å²) in [4.78, 5) is 16.9. The van der Waals surface area contributed by atoms with Crippen molar-refractivity contribution in [1.82, 2.24) is 9.80 Å². The fourth-order valence-corrected chi connectivity index (χ4v) is 4.62. The van der Waals surface area contributed by atoms with Gasteiger partial charge in [0, 0.05) is 26.2 Å². The number of piperazine rings is 1. The summed E-state index contributed by atoms with van der Waals surface area (Å²) in [7, 11) is -1.88. The van der Waals surface area contributed by atoms with Gasteiger partial charge < -0.3 is 14.5 Å². The first-order valence-corrected chi connectivity index (χ1v) is 11.1. The molecule has 7 nitrogen and oxygen atoms in total. The van der Waals surface area contributed by atoms with Gasteiger partial charge in [-0.15, -0.1) is 0 Å². The second-order valence-electron chi connectivity index (χ2n) is 6.94. The number of benzene rings is 2. The third-order valence-corrected chi connectivity index (χ3v) is 6.69. The minimum atomic E-state index is -3.89. The second-order valence-corrected chi connectivity index (χ2v) is 8.80. The Labute approximate surface area is 172 Å². The fourth-order valence-electron chi connectivity index (χ4n) is 3.19. The average Bonchev–Trinajstić information content (AvgIpc) is 2.74. The number of hydrogen-bond acceptors (Lipinski definition) is 5. The molecule has 1 saturated heterocycles. The standard InChI is InChI=1S/C21H27N3O4S/c1-3-28-19-11-9-18(10-12-19)24(29(26,27)20-7-5-4-6-8-20)17-21(25)23-15-13-22(2)14-16-23/h4-12H,3,13-17H2,1-2H3. The van der Waals surface area contributed by atoms with E-state index < -0.39 is 10.0 Å². The van der Waals surface area contributed by atoms with Crippen molar-refractivity contribution in [1.29, 1.82) is 0 Å². The van der Waals surface area contributed by atoms with Crippen molar-refractivity contribution in [2.45, 2.75) is 11.8 Å². The monoisotopic (exact) mass is 417 g/mol. The number of hydrogen-bond donors (Lipinski definition) is 0. The molecule has 1 fully saturated rings. The summed E-state index contributed by atoms with van der Waals surface area (Å²) in [6, 6.07) is 15.0. The molecule has 1 aliphatic rings. The number of rotatable bonds is 7. The van der Waals surface area contributed by atoms with E-state index in [9.17, 15) is 13.2 Å². The molecule has 0 aromatic heterocycles. The molecule has 0 spiro atoms. The summed E-state index contributed by atoms with van der Waals surface area (Å²) in [6.07, 6.45) is 0. The number of nitrogens with zero attached hydrogens (tertiary/aromatic N) is 3. The van der Waals surface area contributed by atoms with Gasteiger partial charge in [-0.25, -0.2) is 8.42 Å². The van der Waals surface area contributed by atoms with Gasteiger partial charge in [0.1, 0.15) is 12.3 Å². The summed E-state index contributed by atoms with van der Waals surface area (Å²) in [5.74, 6) is 0.449. The molecule has 0 N–H and O–H groups in total. The molecule has 3 rings (SSSR count). The van der Waals surface area contributed by atoms with E-state index in [0.717, 1.165) is 13.1 Å². The Bertz CT molecular complexity index is 909. The van der Waals surface area contributed by atoms with Crippen molar-refractivity contribution in [2.75, 3.05) is 50.7 Å². The van der Waals surface area contributed by atoms with E-state index in [1.54, 1.807) is 47.4 Å². The number of sulfonamides is 1. The zero-order valence-corrected chi connectivity index (χ0v) is 17.6. The maximum absolute atomic E-state index is 13.3. The van der Waals surface area contributed by atoms with Crippen LogP contribution in [0, 0.1) is 0 Å². The van der Waals surface area contributed by atoms with E-state index in [1.807, 2.05) is 14.0 Å². The molecule has 29 heavy (non-hydrogen) atoms. The van der Waals surface area contributed by atoms with E-state index in [2.05, 4.69) is 4.90 Å². The lowest BCUT2D eigenvalue weighted by Gasteiger charge is -2.34. The first-order valence-electron chi connectivity index (χ1n) is 9.69. The summed E-state index contributed by atoms with van der Waals surface area (Å²) < 4.78 is 33.3. The van der Waals surface area contributed by atoms with Gasteiger partial charge in [-0.2, -0.15) is 0 Å². The van der Waals surface area contributed by atoms with Crippen molar-refractivity contribution < 1.29 is 17.9 Å². The van der Waals surface area contributed by atoms with Crippen LogP contribution >= 0.6 is 0 Å². The van der Waals surface area contributed by atoms with Crippen LogP contribution in [0.3, 0.4) is 0 Å². The molecule has 0 radical (unpaired) electrons. The highest BCUT2D eigenvalue weighted by Crippen LogP contribution is 2.26. The van der Waals surface area contributed by atoms with Crippen LogP contribution in [0.25, 0.3) is 0 Å². The van der Waals surface area contributed by atoms with Gasteiger partial charge in [-0.3, -0.25) is 9.10 Å². The van der Waals surface area contributed by atoms with Gasteiger partial charge in [-0.05, 0) is 50.4 Å². The zero-order chi connectivity index (χ0) is 20.9. The van der Waals surface area contributed by atoms with Crippen LogP contribution in [0.1, 0.15) is 6.92 Å². The summed E-state index contributed by atoms with van der Waals surface area (Å²) in [5.41, 5.74) is 0.430. The quantitative estimate of drug-likeness (QED) is 0.690. The number of carbonyl (C=O) groups excluding carboxylic acids is 1. The van der Waals surface area contributed by atoms with Crippen LogP contribution in [0.5, 0.6) is 5.75 Å². The highest BCUT2D eigenvalue weighted by Gasteiger charge is 2.29. The lowest BCUT2D eigenvalue weighted by atomic mass is 10.3. The van der Waals surface area contributed by atoms with Gasteiger partial charge in [-0.1, -0.05) is 18.2 Å². The summed E-state index contributed by atoms with van der Waals surface area (Å²) in [6.45, 7) is 4.91. The third-order valence-electron chi connectivity index (χ3n) is 4.90. The predicted octanol–water partition coefficient (Wildman–Crippen LogP) is 2.05. The molecule has 1 aliphatic heterocycles. The molecule has 0 unspecified atom stereocenters. The van der Waals surface area contributed by atoms with Crippen LogP contribution in [0.2, 0.25) is 0 Å². The normalized spacial score (nSPS) is 15.2. The molecule has 8 heteroatoms. The van der Waals surface area contributed by atoms with E-state index >= 15 is 0 Å². The Balaban J connectivity index is 1.90. The summed E-state index contributed by atoms with van der Waals surface area (Å²) in [5, 5.41) is 0. The SMILES string of the molecule is CCOc1ccc(N(CC(=O)N2CCN(C)CC2)S(=O)(=O)c2ccccc2)cc1. The van der Waals surface area contributed by atoms with Gasteiger partial charge in [0.2, 0.25) is 5.91 Å². The average molecular weight is 418 g/mol. The first-order chi connectivity index (χ1) is 13.9. The Hall–Kier alpha value is -2.58. The molecule has 0 bridgehead atoms. The third kappa shape index (κ3) is 5.07. The van der Waals surface area contributed by atoms with Crippen LogP contribution < -0.4 is 9.04 Å². The Morgan fingerprint density at radius 3 is 2.21 bits per heavy atom. The highest BCUT2D eigenvalue weighted by molar-refractivity contribution is 7.92. The largest absolute Gasteiger partial charge is 0.494 e. The Morgan fingerprint density at radius 1 is 1.00 bits per heavy atom. The van der Waals surface area contributed by atoms with Crippen molar-refractivity contribution >= 4 is 21.6 Å². The minimum absolute atomic E-state index is 0.153. The van der Waals surface area contributed by atoms with E-state index in [1.165, 1.54) is 16.4 Å². The number of carbonyl (C=O) groups is 1. The topological polar surface area (TPSA) is 70.2 Å². The van der Waals surface area contributed by atoms with Crippen molar-refractivity contribution in [3.05, 3.63) is 54.6 Å². The van der Waals surface area contributed by atoms with Crippen molar-refractivity contribution in [3.63, 3.8) is 0 Å². The summed E-state index contributed by atoms with van der Waals surface area (Å²) >= 11 is 0. The molecule has 2 aromatic carbocycles. The predicted molar refractivity (Wildman–Crippen MR) is 113 cm³/mol. The maximum atomic E-state index is 13.3. The fraction of sp³-hybridized carbons (Fsp3) is 0.381. The second kappa shape index (κ2) is 9.28. The van der Waals surface area contributed by atoms with Gasteiger partial charge in [0.25, 0.3) is 10.0 Å². The number of likely N-dealkylation sites (N-methyl/N-ethyl adjacent to an activating group) is 1. The molecular weight excluding hydrogens is 390 g/mol. The minimum Gasteiger partial charge on any atom is -0.494 e. The van der Waals surface area contributed by atoms with E-state index in [0.29, 0.717) is 31.1 Å². The van der Waals surface area contributed by atoms with Crippen LogP contribution in [0.4, 0.5) is 5.69 Å². The number of anilines is 1. The van der Waals surface area contributed by atoms with Gasteiger partial charge in [0.05, 0.1) is 17.2 Å². The van der Waals surface area contributed by atoms with Crippen LogP contribution in [0.15, 0.2) is 59.5 Å². The van der Waals surface area contributed by atoms with Gasteiger partial charge >= 0.3 is 0 Å². The smallest absolute Gasteiger partial charge is 0.264 e. The number of ether oxygens (including phenoxy) is 1.